The monoisotopic (exact) mass is 255 g/mol. The van der Waals surface area contributed by atoms with Crippen molar-refractivity contribution in [1.82, 2.24) is 5.32 Å². The second-order valence-corrected chi connectivity index (χ2v) is 4.55. The largest absolute Gasteiger partial charge is 0.466 e. The van der Waals surface area contributed by atoms with Crippen molar-refractivity contribution in [3.8, 4) is 0 Å². The number of carbonyl (C=O) groups excluding carboxylic acids is 2. The van der Waals surface area contributed by atoms with Crippen molar-refractivity contribution >= 4 is 23.2 Å². The fourth-order valence-electron chi connectivity index (χ4n) is 1.33. The van der Waals surface area contributed by atoms with Gasteiger partial charge in [0, 0.05) is 17.8 Å². The molecule has 17 heavy (non-hydrogen) atoms. The number of carbonyl (C=O) groups is 2. The molecule has 0 spiro atoms. The van der Waals surface area contributed by atoms with Gasteiger partial charge in [0.15, 0.2) is 0 Å². The van der Waals surface area contributed by atoms with E-state index in [0.717, 1.165) is 4.88 Å². The Labute approximate surface area is 105 Å². The molecule has 5 heteroatoms. The van der Waals surface area contributed by atoms with Crippen LogP contribution in [0.1, 0.15) is 24.6 Å². The lowest BCUT2D eigenvalue weighted by Gasteiger charge is -2.04. The Hall–Kier alpha value is -1.36. The Kier molecular flexibility index (Phi) is 6.32. The minimum Gasteiger partial charge on any atom is -0.466 e. The molecular formula is C12H17NO3S. The first-order chi connectivity index (χ1) is 8.22. The molecule has 0 aliphatic heterocycles. The molecule has 0 aliphatic rings. The zero-order valence-corrected chi connectivity index (χ0v) is 10.7. The van der Waals surface area contributed by atoms with Crippen LogP contribution >= 0.6 is 11.3 Å². The van der Waals surface area contributed by atoms with E-state index in [4.69, 9.17) is 4.74 Å². The predicted octanol–water partition coefficient (Wildman–Crippen LogP) is 1.75. The molecule has 4 nitrogen and oxygen atoms in total. The van der Waals surface area contributed by atoms with Crippen LogP contribution in [0.25, 0.3) is 0 Å². The first-order valence-electron chi connectivity index (χ1n) is 5.67. The molecule has 0 saturated carbocycles. The summed E-state index contributed by atoms with van der Waals surface area (Å²) in [6.07, 6.45) is 1.39. The first-order valence-corrected chi connectivity index (χ1v) is 6.55. The number of ether oxygens (including phenoxy) is 1. The van der Waals surface area contributed by atoms with Gasteiger partial charge in [0.2, 0.25) is 5.91 Å². The summed E-state index contributed by atoms with van der Waals surface area (Å²) in [5.74, 6) is -0.212. The molecule has 0 fully saturated rings. The Bertz CT molecular complexity index is 349. The van der Waals surface area contributed by atoms with Crippen LogP contribution in [-0.4, -0.2) is 25.0 Å². The molecule has 1 aromatic heterocycles. The number of nitrogens with one attached hydrogen (secondary N) is 1. The van der Waals surface area contributed by atoms with Crippen molar-refractivity contribution in [3.05, 3.63) is 22.4 Å². The molecule has 0 saturated heterocycles. The van der Waals surface area contributed by atoms with E-state index in [1.165, 1.54) is 0 Å². The Morgan fingerprint density at radius 1 is 1.47 bits per heavy atom. The van der Waals surface area contributed by atoms with Crippen molar-refractivity contribution in [2.24, 2.45) is 0 Å². The summed E-state index contributed by atoms with van der Waals surface area (Å²) in [4.78, 5) is 23.5. The molecule has 1 N–H and O–H groups in total. The smallest absolute Gasteiger partial charge is 0.305 e. The normalized spacial score (nSPS) is 9.94. The standard InChI is InChI=1S/C12H17NO3S/c1-2-16-12(15)6-3-7-13-11(14)9-10-5-4-8-17-10/h4-5,8H,2-3,6-7,9H2,1H3,(H,13,14). The summed E-state index contributed by atoms with van der Waals surface area (Å²) in [7, 11) is 0. The molecule has 1 rings (SSSR count). The second kappa shape index (κ2) is 7.84. The van der Waals surface area contributed by atoms with Gasteiger partial charge in [-0.1, -0.05) is 6.07 Å². The van der Waals surface area contributed by atoms with E-state index in [0.29, 0.717) is 32.4 Å². The molecule has 94 valence electrons. The van der Waals surface area contributed by atoms with Gasteiger partial charge in [0.25, 0.3) is 0 Å². The number of hydrogen-bond acceptors (Lipinski definition) is 4. The van der Waals surface area contributed by atoms with E-state index in [2.05, 4.69) is 5.32 Å². The van der Waals surface area contributed by atoms with Crippen molar-refractivity contribution < 1.29 is 14.3 Å². The number of hydrogen-bond donors (Lipinski definition) is 1. The molecule has 0 bridgehead atoms. The summed E-state index contributed by atoms with van der Waals surface area (Å²) in [5.41, 5.74) is 0. The van der Waals surface area contributed by atoms with Crippen molar-refractivity contribution in [2.75, 3.05) is 13.2 Å². The third-order valence-electron chi connectivity index (χ3n) is 2.10. The van der Waals surface area contributed by atoms with Gasteiger partial charge in [-0.2, -0.15) is 0 Å². The highest BCUT2D eigenvalue weighted by Crippen LogP contribution is 2.08. The van der Waals surface area contributed by atoms with E-state index < -0.39 is 0 Å². The Morgan fingerprint density at radius 3 is 2.94 bits per heavy atom. The maximum absolute atomic E-state index is 11.5. The van der Waals surface area contributed by atoms with Gasteiger partial charge in [-0.3, -0.25) is 9.59 Å². The van der Waals surface area contributed by atoms with Crippen LogP contribution in [0.4, 0.5) is 0 Å². The highest BCUT2D eigenvalue weighted by molar-refractivity contribution is 7.10. The molecular weight excluding hydrogens is 238 g/mol. The second-order valence-electron chi connectivity index (χ2n) is 3.51. The van der Waals surface area contributed by atoms with Crippen LogP contribution in [0.3, 0.4) is 0 Å². The number of esters is 1. The molecule has 1 amide bonds. The van der Waals surface area contributed by atoms with Crippen LogP contribution in [0.5, 0.6) is 0 Å². The first kappa shape index (κ1) is 13.7. The maximum atomic E-state index is 11.5. The van der Waals surface area contributed by atoms with Gasteiger partial charge >= 0.3 is 5.97 Å². The zero-order chi connectivity index (χ0) is 12.5. The lowest BCUT2D eigenvalue weighted by atomic mass is 10.3. The van der Waals surface area contributed by atoms with E-state index in [9.17, 15) is 9.59 Å². The van der Waals surface area contributed by atoms with Gasteiger partial charge in [-0.15, -0.1) is 11.3 Å². The van der Waals surface area contributed by atoms with Crippen molar-refractivity contribution in [3.63, 3.8) is 0 Å². The van der Waals surface area contributed by atoms with Gasteiger partial charge in [0.1, 0.15) is 0 Å². The third kappa shape index (κ3) is 6.06. The predicted molar refractivity (Wildman–Crippen MR) is 66.9 cm³/mol. The van der Waals surface area contributed by atoms with Crippen molar-refractivity contribution in [2.45, 2.75) is 26.2 Å². The molecule has 0 aromatic carbocycles. The summed E-state index contributed by atoms with van der Waals surface area (Å²) in [6.45, 7) is 2.70. The van der Waals surface area contributed by atoms with Gasteiger partial charge < -0.3 is 10.1 Å². The average Bonchev–Trinajstić information content (AvgIpc) is 2.77. The fourth-order valence-corrected chi connectivity index (χ4v) is 2.03. The topological polar surface area (TPSA) is 55.4 Å². The van der Waals surface area contributed by atoms with Gasteiger partial charge in [-0.25, -0.2) is 0 Å². The number of thiophene rings is 1. The molecule has 0 aliphatic carbocycles. The molecule has 0 radical (unpaired) electrons. The Morgan fingerprint density at radius 2 is 2.29 bits per heavy atom. The average molecular weight is 255 g/mol. The Balaban J connectivity index is 2.06. The van der Waals surface area contributed by atoms with Crippen LogP contribution in [0.2, 0.25) is 0 Å². The van der Waals surface area contributed by atoms with E-state index in [-0.39, 0.29) is 11.9 Å². The third-order valence-corrected chi connectivity index (χ3v) is 2.98. The lowest BCUT2D eigenvalue weighted by Crippen LogP contribution is -2.26. The quantitative estimate of drug-likeness (QED) is 0.596. The summed E-state index contributed by atoms with van der Waals surface area (Å²) < 4.78 is 4.78. The van der Waals surface area contributed by atoms with E-state index >= 15 is 0 Å². The summed E-state index contributed by atoms with van der Waals surface area (Å²) in [5, 5.41) is 4.73. The maximum Gasteiger partial charge on any atom is 0.305 e. The van der Waals surface area contributed by atoms with Gasteiger partial charge in [0.05, 0.1) is 13.0 Å². The SMILES string of the molecule is CCOC(=O)CCCNC(=O)Cc1cccs1. The molecule has 0 atom stereocenters. The minimum atomic E-state index is -0.208. The number of rotatable bonds is 7. The zero-order valence-electron chi connectivity index (χ0n) is 9.90. The van der Waals surface area contributed by atoms with Crippen molar-refractivity contribution in [1.29, 1.82) is 0 Å². The van der Waals surface area contributed by atoms with E-state index in [1.54, 1.807) is 18.3 Å². The highest BCUT2D eigenvalue weighted by atomic mass is 32.1. The summed E-state index contributed by atoms with van der Waals surface area (Å²) in [6, 6.07) is 3.86. The number of amides is 1. The molecule has 1 aromatic rings. The van der Waals surface area contributed by atoms with Crippen LogP contribution in [0.15, 0.2) is 17.5 Å². The fraction of sp³-hybridized carbons (Fsp3) is 0.500. The van der Waals surface area contributed by atoms with Crippen LogP contribution in [0, 0.1) is 0 Å². The highest BCUT2D eigenvalue weighted by Gasteiger charge is 2.05. The minimum absolute atomic E-state index is 0.00342. The van der Waals surface area contributed by atoms with Crippen LogP contribution < -0.4 is 5.32 Å². The molecule has 1 heterocycles. The van der Waals surface area contributed by atoms with Crippen LogP contribution in [-0.2, 0) is 20.7 Å². The van der Waals surface area contributed by atoms with Gasteiger partial charge in [-0.05, 0) is 24.8 Å². The molecule has 0 unspecified atom stereocenters. The summed E-state index contributed by atoms with van der Waals surface area (Å²) >= 11 is 1.57. The van der Waals surface area contributed by atoms with E-state index in [1.807, 2.05) is 17.5 Å². The lowest BCUT2D eigenvalue weighted by molar-refractivity contribution is -0.143.